The van der Waals surface area contributed by atoms with Crippen molar-refractivity contribution in [3.63, 3.8) is 0 Å². The first-order chi connectivity index (χ1) is 13.4. The Hall–Kier alpha value is -3.23. The average Bonchev–Trinajstić information content (AvgIpc) is 2.68. The van der Waals surface area contributed by atoms with Gasteiger partial charge in [-0.05, 0) is 32.3 Å². The molecule has 0 aliphatic carbocycles. The minimum atomic E-state index is -0.812. The molecule has 2 amide bonds. The number of primary amides is 1. The molecule has 9 nitrogen and oxygen atoms in total. The van der Waals surface area contributed by atoms with E-state index < -0.39 is 30.6 Å². The third kappa shape index (κ3) is 4.03. The minimum absolute atomic E-state index is 0.110. The van der Waals surface area contributed by atoms with Crippen molar-refractivity contribution in [2.75, 3.05) is 13.2 Å². The number of aromatic nitrogens is 2. The second kappa shape index (κ2) is 8.20. The van der Waals surface area contributed by atoms with Crippen molar-refractivity contribution < 1.29 is 19.1 Å². The van der Waals surface area contributed by atoms with Crippen LogP contribution >= 0.6 is 0 Å². The first kappa shape index (κ1) is 19.5. The van der Waals surface area contributed by atoms with E-state index >= 15 is 0 Å². The van der Waals surface area contributed by atoms with Crippen LogP contribution < -0.4 is 11.3 Å². The summed E-state index contributed by atoms with van der Waals surface area (Å²) in [5.74, 6) is -1.87. The van der Waals surface area contributed by atoms with Gasteiger partial charge in [0.1, 0.15) is 6.54 Å². The Morgan fingerprint density at radius 1 is 1.21 bits per heavy atom. The van der Waals surface area contributed by atoms with Gasteiger partial charge in [-0.15, -0.1) is 0 Å². The van der Waals surface area contributed by atoms with Crippen molar-refractivity contribution in [3.05, 3.63) is 40.3 Å². The molecule has 2 heterocycles. The number of nitrogens with zero attached hydrogens (tertiary/aromatic N) is 3. The fourth-order valence-corrected chi connectivity index (χ4v) is 3.39. The van der Waals surface area contributed by atoms with Crippen LogP contribution in [-0.2, 0) is 20.9 Å². The van der Waals surface area contributed by atoms with E-state index in [1.165, 1.54) is 6.07 Å². The largest absolute Gasteiger partial charge is 0.454 e. The lowest BCUT2D eigenvalue weighted by Gasteiger charge is -2.33. The van der Waals surface area contributed by atoms with Crippen LogP contribution in [0.5, 0.6) is 0 Å². The number of ether oxygens (including phenoxy) is 1. The molecule has 1 atom stereocenters. The topological polar surface area (TPSA) is 125 Å². The van der Waals surface area contributed by atoms with Crippen LogP contribution in [0.4, 0.5) is 0 Å². The van der Waals surface area contributed by atoms with E-state index in [1.54, 1.807) is 23.1 Å². The Balaban J connectivity index is 1.73. The molecule has 1 aromatic heterocycles. The van der Waals surface area contributed by atoms with E-state index in [9.17, 15) is 19.2 Å². The number of rotatable bonds is 5. The predicted octanol–water partition coefficient (Wildman–Crippen LogP) is 0.440. The number of fused-ring (bicyclic) bond motifs is 1. The van der Waals surface area contributed by atoms with Crippen LogP contribution in [-0.4, -0.2) is 51.7 Å². The molecule has 0 spiro atoms. The minimum Gasteiger partial charge on any atom is -0.454 e. The van der Waals surface area contributed by atoms with Crippen LogP contribution in [0.1, 0.15) is 36.7 Å². The van der Waals surface area contributed by atoms with E-state index in [2.05, 4.69) is 5.10 Å². The molecular weight excluding hydrogens is 364 g/mol. The van der Waals surface area contributed by atoms with Gasteiger partial charge in [0.25, 0.3) is 17.4 Å². The van der Waals surface area contributed by atoms with E-state index in [-0.39, 0.29) is 23.0 Å². The molecule has 28 heavy (non-hydrogen) atoms. The summed E-state index contributed by atoms with van der Waals surface area (Å²) in [6.07, 6.45) is 2.92. The van der Waals surface area contributed by atoms with Gasteiger partial charge in [-0.1, -0.05) is 18.2 Å². The van der Waals surface area contributed by atoms with Crippen molar-refractivity contribution in [3.8, 4) is 0 Å². The molecule has 2 N–H and O–H groups in total. The van der Waals surface area contributed by atoms with E-state index in [4.69, 9.17) is 10.5 Å². The fourth-order valence-electron chi connectivity index (χ4n) is 3.39. The number of piperidine rings is 1. The second-order valence-electron chi connectivity index (χ2n) is 6.81. The Kier molecular flexibility index (Phi) is 5.72. The quantitative estimate of drug-likeness (QED) is 0.744. The summed E-state index contributed by atoms with van der Waals surface area (Å²) in [5.41, 5.74) is 4.68. The smallest absolute Gasteiger partial charge is 0.328 e. The maximum Gasteiger partial charge on any atom is 0.328 e. The number of benzene rings is 1. The first-order valence-corrected chi connectivity index (χ1v) is 9.13. The second-order valence-corrected chi connectivity index (χ2v) is 6.81. The monoisotopic (exact) mass is 386 g/mol. The summed E-state index contributed by atoms with van der Waals surface area (Å²) in [6, 6.07) is 6.49. The Bertz CT molecular complexity index is 984. The van der Waals surface area contributed by atoms with Gasteiger partial charge in [0.15, 0.2) is 12.3 Å². The van der Waals surface area contributed by atoms with Crippen molar-refractivity contribution in [2.45, 2.75) is 38.8 Å². The third-order valence-electron chi connectivity index (χ3n) is 4.86. The number of carbonyl (C=O) groups excluding carboxylic acids is 3. The van der Waals surface area contributed by atoms with Gasteiger partial charge in [-0.3, -0.25) is 19.2 Å². The lowest BCUT2D eigenvalue weighted by Crippen LogP contribution is -2.44. The molecule has 2 aromatic rings. The summed E-state index contributed by atoms with van der Waals surface area (Å²) >= 11 is 0. The molecule has 148 valence electrons. The maximum absolute atomic E-state index is 12.5. The van der Waals surface area contributed by atoms with Gasteiger partial charge in [0.2, 0.25) is 0 Å². The molecule has 0 radical (unpaired) electrons. The molecule has 0 unspecified atom stereocenters. The normalized spacial score (nSPS) is 16.8. The zero-order valence-corrected chi connectivity index (χ0v) is 15.6. The number of likely N-dealkylation sites (tertiary alicyclic amines) is 1. The van der Waals surface area contributed by atoms with Crippen LogP contribution in [0.3, 0.4) is 0 Å². The van der Waals surface area contributed by atoms with Crippen molar-refractivity contribution in [2.24, 2.45) is 5.73 Å². The molecule has 1 saturated heterocycles. The lowest BCUT2D eigenvalue weighted by molar-refractivity contribution is -0.154. The van der Waals surface area contributed by atoms with Crippen molar-refractivity contribution in [1.82, 2.24) is 14.7 Å². The molecule has 0 bridgehead atoms. The van der Waals surface area contributed by atoms with E-state index in [0.717, 1.165) is 23.9 Å². The number of hydrogen-bond acceptors (Lipinski definition) is 6. The zero-order valence-electron chi connectivity index (χ0n) is 15.6. The van der Waals surface area contributed by atoms with Crippen LogP contribution in [0.25, 0.3) is 10.8 Å². The highest BCUT2D eigenvalue weighted by Crippen LogP contribution is 2.16. The maximum atomic E-state index is 12.5. The third-order valence-corrected chi connectivity index (χ3v) is 4.86. The summed E-state index contributed by atoms with van der Waals surface area (Å²) < 4.78 is 5.86. The number of hydrogen-bond donors (Lipinski definition) is 1. The van der Waals surface area contributed by atoms with Gasteiger partial charge < -0.3 is 15.4 Å². The molecule has 1 aliphatic rings. The zero-order chi connectivity index (χ0) is 20.3. The van der Waals surface area contributed by atoms with Gasteiger partial charge >= 0.3 is 5.97 Å². The molecule has 9 heteroatoms. The highest BCUT2D eigenvalue weighted by Gasteiger charge is 2.24. The number of esters is 1. The van der Waals surface area contributed by atoms with Crippen molar-refractivity contribution >= 4 is 28.6 Å². The highest BCUT2D eigenvalue weighted by molar-refractivity contribution is 6.04. The Morgan fingerprint density at radius 2 is 1.93 bits per heavy atom. The summed E-state index contributed by atoms with van der Waals surface area (Å²) in [4.78, 5) is 50.3. The predicted molar refractivity (Wildman–Crippen MR) is 101 cm³/mol. The number of amides is 2. The SMILES string of the molecule is C[C@@H]1CCCCN1C(=O)COC(=O)Cn1nc(C(N)=O)c2ccccc2c1=O. The summed E-state index contributed by atoms with van der Waals surface area (Å²) in [6.45, 7) is 1.69. The van der Waals surface area contributed by atoms with Crippen LogP contribution in [0.15, 0.2) is 29.1 Å². The van der Waals surface area contributed by atoms with E-state index in [0.29, 0.717) is 11.9 Å². The van der Waals surface area contributed by atoms with Gasteiger partial charge in [0, 0.05) is 18.0 Å². The fraction of sp³-hybridized carbons (Fsp3) is 0.421. The Morgan fingerprint density at radius 3 is 2.61 bits per heavy atom. The first-order valence-electron chi connectivity index (χ1n) is 9.13. The van der Waals surface area contributed by atoms with Crippen LogP contribution in [0, 0.1) is 0 Å². The standard InChI is InChI=1S/C19H22N4O5/c1-12-6-4-5-9-22(12)15(24)11-28-16(25)10-23-19(27)14-8-3-2-7-13(14)17(21-23)18(20)26/h2-3,7-8,12H,4-6,9-11H2,1H3,(H2,20,26)/t12-/m1/s1. The highest BCUT2D eigenvalue weighted by atomic mass is 16.5. The summed E-state index contributed by atoms with van der Waals surface area (Å²) in [5, 5.41) is 4.44. The molecular formula is C19H22N4O5. The van der Waals surface area contributed by atoms with Gasteiger partial charge in [0.05, 0.1) is 5.39 Å². The molecule has 3 rings (SSSR count). The molecule has 1 aliphatic heterocycles. The van der Waals surface area contributed by atoms with Crippen molar-refractivity contribution in [1.29, 1.82) is 0 Å². The average molecular weight is 386 g/mol. The lowest BCUT2D eigenvalue weighted by atomic mass is 10.0. The molecule has 0 saturated carbocycles. The van der Waals surface area contributed by atoms with Gasteiger partial charge in [-0.2, -0.15) is 5.10 Å². The van der Waals surface area contributed by atoms with Crippen LogP contribution in [0.2, 0.25) is 0 Å². The van der Waals surface area contributed by atoms with E-state index in [1.807, 2.05) is 6.92 Å². The Labute approximate surface area is 161 Å². The molecule has 1 fully saturated rings. The number of carbonyl (C=O) groups is 3. The molecule has 1 aromatic carbocycles. The number of nitrogens with two attached hydrogens (primary N) is 1. The van der Waals surface area contributed by atoms with Gasteiger partial charge in [-0.25, -0.2) is 4.68 Å². The summed E-state index contributed by atoms with van der Waals surface area (Å²) in [7, 11) is 0.